The Morgan fingerprint density at radius 3 is 2.70 bits per heavy atom. The van der Waals surface area contributed by atoms with Crippen LogP contribution in [-0.2, 0) is 11.3 Å². The lowest BCUT2D eigenvalue weighted by atomic mass is 10.2. The van der Waals surface area contributed by atoms with Crippen LogP contribution in [0.3, 0.4) is 0 Å². The normalized spacial score (nSPS) is 10.7. The number of anilines is 1. The molecule has 0 saturated carbocycles. The number of carbonyl (C=O) groups is 1. The van der Waals surface area contributed by atoms with Crippen LogP contribution in [0.1, 0.15) is 16.1 Å². The van der Waals surface area contributed by atoms with Crippen LogP contribution in [0, 0.1) is 0 Å². The zero-order valence-corrected chi connectivity index (χ0v) is 18.5. The molecule has 1 amide bonds. The van der Waals surface area contributed by atoms with Gasteiger partial charge >= 0.3 is 0 Å². The van der Waals surface area contributed by atoms with E-state index in [0.717, 1.165) is 11.3 Å². The van der Waals surface area contributed by atoms with Gasteiger partial charge in [0.15, 0.2) is 11.5 Å². The highest BCUT2D eigenvalue weighted by molar-refractivity contribution is 6.04. The van der Waals surface area contributed by atoms with E-state index in [9.17, 15) is 4.79 Å². The number of benzene rings is 2. The highest BCUT2D eigenvalue weighted by Crippen LogP contribution is 2.31. The van der Waals surface area contributed by atoms with Crippen LogP contribution in [0.25, 0.3) is 5.65 Å². The van der Waals surface area contributed by atoms with Crippen molar-refractivity contribution in [3.05, 3.63) is 84.3 Å². The number of methoxy groups -OCH3 is 2. The summed E-state index contributed by atoms with van der Waals surface area (Å²) in [6.45, 7) is 1.14. The molecule has 0 aliphatic rings. The van der Waals surface area contributed by atoms with E-state index >= 15 is 0 Å². The molecule has 8 heteroatoms. The fourth-order valence-corrected chi connectivity index (χ4v) is 3.25. The highest BCUT2D eigenvalue weighted by Gasteiger charge is 2.12. The molecule has 0 unspecified atom stereocenters. The first kappa shape index (κ1) is 22.2. The Bertz CT molecular complexity index is 1200. The van der Waals surface area contributed by atoms with E-state index in [1.54, 1.807) is 56.7 Å². The molecule has 0 bridgehead atoms. The van der Waals surface area contributed by atoms with Crippen molar-refractivity contribution < 1.29 is 23.7 Å². The molecule has 4 aromatic rings. The third-order valence-corrected chi connectivity index (χ3v) is 4.86. The first-order valence-electron chi connectivity index (χ1n) is 10.4. The number of pyridine rings is 1. The van der Waals surface area contributed by atoms with Gasteiger partial charge in [-0.1, -0.05) is 12.1 Å². The lowest BCUT2D eigenvalue weighted by Crippen LogP contribution is -2.12. The van der Waals surface area contributed by atoms with Gasteiger partial charge in [-0.15, -0.1) is 0 Å². The number of amides is 1. The minimum Gasteiger partial charge on any atom is -0.493 e. The van der Waals surface area contributed by atoms with Crippen LogP contribution in [0.15, 0.2) is 73.1 Å². The smallest absolute Gasteiger partial charge is 0.255 e. The highest BCUT2D eigenvalue weighted by atomic mass is 16.5. The number of hydrogen-bond acceptors (Lipinski definition) is 6. The minimum atomic E-state index is -0.261. The van der Waals surface area contributed by atoms with Gasteiger partial charge in [0.1, 0.15) is 24.6 Å². The Balaban J connectivity index is 1.44. The molecule has 2 heterocycles. The molecule has 0 spiro atoms. The Morgan fingerprint density at radius 2 is 1.88 bits per heavy atom. The van der Waals surface area contributed by atoms with Crippen molar-refractivity contribution >= 4 is 17.2 Å². The van der Waals surface area contributed by atoms with Crippen LogP contribution >= 0.6 is 0 Å². The van der Waals surface area contributed by atoms with Crippen LogP contribution in [0.2, 0.25) is 0 Å². The van der Waals surface area contributed by atoms with Crippen molar-refractivity contribution in [3.63, 3.8) is 0 Å². The fourth-order valence-electron chi connectivity index (χ4n) is 3.25. The second-order valence-electron chi connectivity index (χ2n) is 7.18. The molecule has 0 aliphatic heterocycles. The summed E-state index contributed by atoms with van der Waals surface area (Å²) >= 11 is 0. The zero-order chi connectivity index (χ0) is 23.0. The molecule has 0 fully saturated rings. The molecule has 33 heavy (non-hydrogen) atoms. The van der Waals surface area contributed by atoms with Crippen LogP contribution in [0.4, 0.5) is 5.69 Å². The summed E-state index contributed by atoms with van der Waals surface area (Å²) in [5.74, 6) is 1.41. The van der Waals surface area contributed by atoms with E-state index in [0.29, 0.717) is 41.7 Å². The van der Waals surface area contributed by atoms with Crippen molar-refractivity contribution in [1.82, 2.24) is 9.38 Å². The SMILES string of the molecule is COCCOc1cccc(C(=O)Nc2ccc(OC)c(OCc3cn4ccccc4n3)c2)c1. The summed E-state index contributed by atoms with van der Waals surface area (Å²) in [4.78, 5) is 17.3. The molecule has 1 N–H and O–H groups in total. The molecule has 0 radical (unpaired) electrons. The summed E-state index contributed by atoms with van der Waals surface area (Å²) in [6.07, 6.45) is 3.84. The molecule has 170 valence electrons. The monoisotopic (exact) mass is 447 g/mol. The van der Waals surface area contributed by atoms with E-state index in [1.807, 2.05) is 35.0 Å². The van der Waals surface area contributed by atoms with Gasteiger partial charge in [-0.2, -0.15) is 0 Å². The van der Waals surface area contributed by atoms with Crippen molar-refractivity contribution in [1.29, 1.82) is 0 Å². The standard InChI is InChI=1S/C25H25N3O5/c1-30-12-13-32-21-7-5-6-18(14-21)25(29)27-19-9-10-22(31-2)23(15-19)33-17-20-16-28-11-4-3-8-24(28)26-20/h3-11,14-16H,12-13,17H2,1-2H3,(H,27,29). The third-order valence-electron chi connectivity index (χ3n) is 4.86. The molecule has 2 aromatic heterocycles. The van der Waals surface area contributed by atoms with Gasteiger partial charge in [0.05, 0.1) is 19.4 Å². The van der Waals surface area contributed by atoms with Crippen LogP contribution < -0.4 is 19.5 Å². The predicted octanol–water partition coefficient (Wildman–Crippen LogP) is 4.20. The van der Waals surface area contributed by atoms with Crippen molar-refractivity contribution in [2.45, 2.75) is 6.61 Å². The second-order valence-corrected chi connectivity index (χ2v) is 7.18. The Kier molecular flexibility index (Phi) is 7.06. The number of rotatable bonds is 10. The van der Waals surface area contributed by atoms with Gasteiger partial charge < -0.3 is 28.7 Å². The van der Waals surface area contributed by atoms with Crippen molar-refractivity contribution in [3.8, 4) is 17.2 Å². The molecule has 8 nitrogen and oxygen atoms in total. The first-order valence-corrected chi connectivity index (χ1v) is 10.4. The summed E-state index contributed by atoms with van der Waals surface area (Å²) < 4.78 is 23.9. The van der Waals surface area contributed by atoms with Gasteiger partial charge in [-0.05, 0) is 42.5 Å². The summed E-state index contributed by atoms with van der Waals surface area (Å²) in [6, 6.07) is 18.0. The number of nitrogens with zero attached hydrogens (tertiary/aromatic N) is 2. The van der Waals surface area contributed by atoms with E-state index in [2.05, 4.69) is 10.3 Å². The van der Waals surface area contributed by atoms with Gasteiger partial charge in [0.25, 0.3) is 5.91 Å². The molecule has 0 atom stereocenters. The largest absolute Gasteiger partial charge is 0.493 e. The fraction of sp³-hybridized carbons (Fsp3) is 0.200. The maximum absolute atomic E-state index is 12.8. The van der Waals surface area contributed by atoms with Crippen LogP contribution in [-0.4, -0.2) is 42.7 Å². The molecular weight excluding hydrogens is 422 g/mol. The molecule has 0 aliphatic carbocycles. The number of ether oxygens (including phenoxy) is 4. The average Bonchev–Trinajstić information content (AvgIpc) is 3.26. The predicted molar refractivity (Wildman–Crippen MR) is 124 cm³/mol. The quantitative estimate of drug-likeness (QED) is 0.367. The number of fused-ring (bicyclic) bond motifs is 1. The minimum absolute atomic E-state index is 0.260. The summed E-state index contributed by atoms with van der Waals surface area (Å²) in [5, 5.41) is 2.89. The number of nitrogens with one attached hydrogen (secondary N) is 1. The Labute approximate surface area is 191 Å². The number of aromatic nitrogens is 2. The lowest BCUT2D eigenvalue weighted by Gasteiger charge is -2.13. The third kappa shape index (κ3) is 5.61. The van der Waals surface area contributed by atoms with Crippen molar-refractivity contribution in [2.75, 3.05) is 32.8 Å². The Hall–Kier alpha value is -4.04. The van der Waals surface area contributed by atoms with Gasteiger partial charge in [-0.25, -0.2) is 4.98 Å². The maximum atomic E-state index is 12.8. The molecular formula is C25H25N3O5. The number of hydrogen-bond donors (Lipinski definition) is 1. The number of imidazole rings is 1. The van der Waals surface area contributed by atoms with E-state index in [1.165, 1.54) is 0 Å². The van der Waals surface area contributed by atoms with Gasteiger partial charge in [0.2, 0.25) is 0 Å². The molecule has 0 saturated heterocycles. The van der Waals surface area contributed by atoms with Gasteiger partial charge in [-0.3, -0.25) is 4.79 Å². The van der Waals surface area contributed by atoms with Crippen LogP contribution in [0.5, 0.6) is 17.2 Å². The molecule has 4 rings (SSSR count). The van der Waals surface area contributed by atoms with E-state index < -0.39 is 0 Å². The van der Waals surface area contributed by atoms with Crippen molar-refractivity contribution in [2.24, 2.45) is 0 Å². The lowest BCUT2D eigenvalue weighted by molar-refractivity contribution is 0.102. The Morgan fingerprint density at radius 1 is 0.970 bits per heavy atom. The molecule has 2 aromatic carbocycles. The van der Waals surface area contributed by atoms with Gasteiger partial charge in [0, 0.05) is 36.8 Å². The zero-order valence-electron chi connectivity index (χ0n) is 18.5. The summed E-state index contributed by atoms with van der Waals surface area (Å²) in [5.41, 5.74) is 2.69. The number of carbonyl (C=O) groups excluding carboxylic acids is 1. The van der Waals surface area contributed by atoms with E-state index in [-0.39, 0.29) is 12.5 Å². The summed E-state index contributed by atoms with van der Waals surface area (Å²) in [7, 11) is 3.18. The maximum Gasteiger partial charge on any atom is 0.255 e. The first-order chi connectivity index (χ1) is 16.2. The second kappa shape index (κ2) is 10.5. The average molecular weight is 447 g/mol. The van der Waals surface area contributed by atoms with E-state index in [4.69, 9.17) is 18.9 Å². The topological polar surface area (TPSA) is 83.3 Å².